The van der Waals surface area contributed by atoms with Crippen LogP contribution in [0.1, 0.15) is 32.8 Å². The molecule has 0 saturated carbocycles. The topological polar surface area (TPSA) is 24.1 Å². The van der Waals surface area contributed by atoms with Crippen molar-refractivity contribution in [2.45, 2.75) is 32.6 Å². The van der Waals surface area contributed by atoms with Crippen LogP contribution in [0.2, 0.25) is 0 Å². The lowest BCUT2D eigenvalue weighted by atomic mass is 9.81. The Labute approximate surface area is 106 Å². The van der Waals surface area contributed by atoms with Gasteiger partial charge in [-0.2, -0.15) is 0 Å². The standard InChI is InChI=1S/C15H26N2/c1-4-16-12-13-17-11-10-15(2,3)14-8-6-5-7-9-14/h5-9,16-17H,4,10-13H2,1-3H3. The Morgan fingerprint density at radius 3 is 2.24 bits per heavy atom. The molecule has 17 heavy (non-hydrogen) atoms. The fraction of sp³-hybridized carbons (Fsp3) is 0.600. The molecule has 0 spiro atoms. The largest absolute Gasteiger partial charge is 0.316 e. The summed E-state index contributed by atoms with van der Waals surface area (Å²) in [7, 11) is 0. The summed E-state index contributed by atoms with van der Waals surface area (Å²) in [5, 5.41) is 6.80. The van der Waals surface area contributed by atoms with E-state index in [2.05, 4.69) is 61.7 Å². The number of nitrogens with one attached hydrogen (secondary N) is 2. The van der Waals surface area contributed by atoms with E-state index >= 15 is 0 Å². The average molecular weight is 234 g/mol. The van der Waals surface area contributed by atoms with E-state index in [0.717, 1.165) is 26.2 Å². The van der Waals surface area contributed by atoms with Crippen molar-refractivity contribution in [3.63, 3.8) is 0 Å². The van der Waals surface area contributed by atoms with Gasteiger partial charge >= 0.3 is 0 Å². The maximum atomic E-state index is 3.48. The Kier molecular flexibility index (Phi) is 6.23. The summed E-state index contributed by atoms with van der Waals surface area (Å²) in [6.07, 6.45) is 1.17. The van der Waals surface area contributed by atoms with Gasteiger partial charge in [0.25, 0.3) is 0 Å². The molecule has 2 N–H and O–H groups in total. The van der Waals surface area contributed by atoms with Gasteiger partial charge in [-0.15, -0.1) is 0 Å². The molecule has 0 aliphatic rings. The minimum Gasteiger partial charge on any atom is -0.316 e. The maximum Gasteiger partial charge on any atom is 0.00767 e. The molecule has 0 fully saturated rings. The van der Waals surface area contributed by atoms with Gasteiger partial charge in [-0.1, -0.05) is 51.1 Å². The molecule has 1 aromatic rings. The molecule has 0 atom stereocenters. The number of hydrogen-bond donors (Lipinski definition) is 2. The summed E-state index contributed by atoms with van der Waals surface area (Å²) in [5.41, 5.74) is 1.68. The molecule has 2 heteroatoms. The zero-order valence-corrected chi connectivity index (χ0v) is 11.4. The fourth-order valence-corrected chi connectivity index (χ4v) is 1.91. The van der Waals surface area contributed by atoms with E-state index in [4.69, 9.17) is 0 Å². The normalized spacial score (nSPS) is 11.7. The molecule has 0 aromatic heterocycles. The van der Waals surface area contributed by atoms with Crippen LogP contribution >= 0.6 is 0 Å². The monoisotopic (exact) mass is 234 g/mol. The van der Waals surface area contributed by atoms with E-state index in [1.54, 1.807) is 0 Å². The summed E-state index contributed by atoms with van der Waals surface area (Å²) in [4.78, 5) is 0. The molecule has 96 valence electrons. The highest BCUT2D eigenvalue weighted by Crippen LogP contribution is 2.25. The smallest absolute Gasteiger partial charge is 0.00767 e. The molecule has 0 amide bonds. The number of hydrogen-bond acceptors (Lipinski definition) is 2. The molecule has 0 aliphatic carbocycles. The van der Waals surface area contributed by atoms with Crippen LogP contribution in [0.5, 0.6) is 0 Å². The van der Waals surface area contributed by atoms with Crippen molar-refractivity contribution >= 4 is 0 Å². The first-order valence-electron chi connectivity index (χ1n) is 6.64. The van der Waals surface area contributed by atoms with Gasteiger partial charge in [-0.3, -0.25) is 0 Å². The van der Waals surface area contributed by atoms with Crippen LogP contribution in [0.25, 0.3) is 0 Å². The second-order valence-electron chi connectivity index (χ2n) is 5.10. The first kappa shape index (κ1) is 14.2. The molecule has 0 radical (unpaired) electrons. The van der Waals surface area contributed by atoms with E-state index in [1.165, 1.54) is 12.0 Å². The molecule has 0 aliphatic heterocycles. The minimum atomic E-state index is 0.256. The molecular weight excluding hydrogens is 208 g/mol. The van der Waals surface area contributed by atoms with Gasteiger partial charge in [0.15, 0.2) is 0 Å². The third-order valence-corrected chi connectivity index (χ3v) is 3.21. The Bertz CT molecular complexity index is 293. The van der Waals surface area contributed by atoms with Gasteiger partial charge < -0.3 is 10.6 Å². The Hall–Kier alpha value is -0.860. The molecule has 1 aromatic carbocycles. The summed E-state index contributed by atoms with van der Waals surface area (Å²) < 4.78 is 0. The van der Waals surface area contributed by atoms with E-state index in [-0.39, 0.29) is 5.41 Å². The summed E-state index contributed by atoms with van der Waals surface area (Å²) in [6, 6.07) is 10.8. The summed E-state index contributed by atoms with van der Waals surface area (Å²) in [5.74, 6) is 0. The van der Waals surface area contributed by atoms with Crippen molar-refractivity contribution in [1.82, 2.24) is 10.6 Å². The SMILES string of the molecule is CCNCCNCCC(C)(C)c1ccccc1. The van der Waals surface area contributed by atoms with E-state index in [1.807, 2.05) is 0 Å². The van der Waals surface area contributed by atoms with Crippen molar-refractivity contribution in [2.75, 3.05) is 26.2 Å². The lowest BCUT2D eigenvalue weighted by molar-refractivity contribution is 0.455. The molecular formula is C15H26N2. The zero-order valence-electron chi connectivity index (χ0n) is 11.4. The molecule has 2 nitrogen and oxygen atoms in total. The lowest BCUT2D eigenvalue weighted by Crippen LogP contribution is -2.30. The third-order valence-electron chi connectivity index (χ3n) is 3.21. The van der Waals surface area contributed by atoms with Gasteiger partial charge in [0.05, 0.1) is 0 Å². The van der Waals surface area contributed by atoms with Crippen molar-refractivity contribution in [3.8, 4) is 0 Å². The Morgan fingerprint density at radius 1 is 0.941 bits per heavy atom. The minimum absolute atomic E-state index is 0.256. The predicted octanol–water partition coefficient (Wildman–Crippen LogP) is 2.55. The van der Waals surface area contributed by atoms with Crippen LogP contribution in [-0.4, -0.2) is 26.2 Å². The number of benzene rings is 1. The van der Waals surface area contributed by atoms with Crippen LogP contribution in [0, 0.1) is 0 Å². The molecule has 0 heterocycles. The number of likely N-dealkylation sites (N-methyl/N-ethyl adjacent to an activating group) is 1. The van der Waals surface area contributed by atoms with Crippen LogP contribution in [-0.2, 0) is 5.41 Å². The van der Waals surface area contributed by atoms with Crippen molar-refractivity contribution in [2.24, 2.45) is 0 Å². The van der Waals surface area contributed by atoms with Crippen molar-refractivity contribution in [3.05, 3.63) is 35.9 Å². The maximum absolute atomic E-state index is 3.48. The van der Waals surface area contributed by atoms with Crippen molar-refractivity contribution < 1.29 is 0 Å². The highest BCUT2D eigenvalue weighted by Gasteiger charge is 2.19. The third kappa shape index (κ3) is 5.33. The molecule has 0 unspecified atom stereocenters. The molecule has 0 bridgehead atoms. The van der Waals surface area contributed by atoms with Gasteiger partial charge in [-0.05, 0) is 30.5 Å². The van der Waals surface area contributed by atoms with Crippen molar-refractivity contribution in [1.29, 1.82) is 0 Å². The van der Waals surface area contributed by atoms with Crippen LogP contribution in [0.4, 0.5) is 0 Å². The van der Waals surface area contributed by atoms with E-state index < -0.39 is 0 Å². The quantitative estimate of drug-likeness (QED) is 0.676. The van der Waals surface area contributed by atoms with Gasteiger partial charge in [-0.25, -0.2) is 0 Å². The second kappa shape index (κ2) is 7.46. The Balaban J connectivity index is 2.26. The molecule has 1 rings (SSSR count). The fourth-order valence-electron chi connectivity index (χ4n) is 1.91. The van der Waals surface area contributed by atoms with Crippen LogP contribution in [0.15, 0.2) is 30.3 Å². The summed E-state index contributed by atoms with van der Waals surface area (Å²) >= 11 is 0. The second-order valence-corrected chi connectivity index (χ2v) is 5.10. The van der Waals surface area contributed by atoms with Crippen LogP contribution < -0.4 is 10.6 Å². The first-order valence-corrected chi connectivity index (χ1v) is 6.64. The number of rotatable bonds is 8. The summed E-state index contributed by atoms with van der Waals surface area (Å²) in [6.45, 7) is 11.0. The average Bonchev–Trinajstić information content (AvgIpc) is 2.35. The zero-order chi connectivity index (χ0) is 12.6. The van der Waals surface area contributed by atoms with Gasteiger partial charge in [0.2, 0.25) is 0 Å². The van der Waals surface area contributed by atoms with Gasteiger partial charge in [0, 0.05) is 13.1 Å². The van der Waals surface area contributed by atoms with Crippen LogP contribution in [0.3, 0.4) is 0 Å². The highest BCUT2D eigenvalue weighted by atomic mass is 14.9. The highest BCUT2D eigenvalue weighted by molar-refractivity contribution is 5.23. The lowest BCUT2D eigenvalue weighted by Gasteiger charge is -2.25. The first-order chi connectivity index (χ1) is 8.17. The van der Waals surface area contributed by atoms with E-state index in [0.29, 0.717) is 0 Å². The van der Waals surface area contributed by atoms with Gasteiger partial charge in [0.1, 0.15) is 0 Å². The predicted molar refractivity (Wildman–Crippen MR) is 75.5 cm³/mol. The Morgan fingerprint density at radius 2 is 1.59 bits per heavy atom. The van der Waals surface area contributed by atoms with E-state index in [9.17, 15) is 0 Å². The molecule has 0 saturated heterocycles.